The number of nitrogens with two attached hydrogens (primary N) is 1. The van der Waals surface area contributed by atoms with E-state index in [9.17, 15) is 10.1 Å². The Balaban J connectivity index is 1.71. The molecule has 2 fully saturated rings. The quantitative estimate of drug-likeness (QED) is 0.542. The fourth-order valence-corrected chi connectivity index (χ4v) is 6.57. The van der Waals surface area contributed by atoms with E-state index in [4.69, 9.17) is 20.6 Å². The first-order valence-corrected chi connectivity index (χ1v) is 11.6. The highest BCUT2D eigenvalue weighted by Crippen LogP contribution is 2.58. The fourth-order valence-electron chi connectivity index (χ4n) is 6.57. The van der Waals surface area contributed by atoms with Crippen LogP contribution in [0.3, 0.4) is 0 Å². The Bertz CT molecular complexity index is 924. The first-order valence-electron chi connectivity index (χ1n) is 11.6. The van der Waals surface area contributed by atoms with Crippen molar-refractivity contribution in [3.05, 3.63) is 34.9 Å². The van der Waals surface area contributed by atoms with Gasteiger partial charge in [-0.1, -0.05) is 19.9 Å². The summed E-state index contributed by atoms with van der Waals surface area (Å²) in [5.41, 5.74) is 8.30. The van der Waals surface area contributed by atoms with Crippen LogP contribution in [0.2, 0.25) is 0 Å². The van der Waals surface area contributed by atoms with Gasteiger partial charge in [-0.3, -0.25) is 15.1 Å². The number of fused-ring (bicyclic) bond motifs is 1. The molecule has 0 unspecified atom stereocenters. The third-order valence-corrected chi connectivity index (χ3v) is 7.86. The minimum Gasteiger partial charge on any atom is -0.381 e. The van der Waals surface area contributed by atoms with Crippen LogP contribution in [0.25, 0.3) is 0 Å². The highest BCUT2D eigenvalue weighted by molar-refractivity contribution is 5.99. The van der Waals surface area contributed by atoms with Gasteiger partial charge < -0.3 is 15.2 Å². The molecule has 172 valence electrons. The SMILES string of the molecule is CO[C@H]1[C@H](C)C[C@@]2(Cc3ccc(C#N)cc3[C@H]2C(=O)N(CCC2COC2)C(=N)N)C[C@@H]1C. The van der Waals surface area contributed by atoms with Crippen molar-refractivity contribution in [3.8, 4) is 6.07 Å². The van der Waals surface area contributed by atoms with Crippen molar-refractivity contribution in [1.29, 1.82) is 10.7 Å². The molecule has 3 N–H and O–H groups in total. The Kier molecular flexibility index (Phi) is 6.28. The van der Waals surface area contributed by atoms with Gasteiger partial charge in [0.2, 0.25) is 5.91 Å². The highest BCUT2D eigenvalue weighted by atomic mass is 16.5. The number of nitrogens with one attached hydrogen (secondary N) is 1. The van der Waals surface area contributed by atoms with Gasteiger partial charge >= 0.3 is 0 Å². The topological polar surface area (TPSA) is 112 Å². The second-order valence-electron chi connectivity index (χ2n) is 10.1. The Morgan fingerprint density at radius 1 is 1.34 bits per heavy atom. The van der Waals surface area contributed by atoms with Gasteiger partial charge in [-0.15, -0.1) is 0 Å². The largest absolute Gasteiger partial charge is 0.381 e. The van der Waals surface area contributed by atoms with E-state index in [1.807, 2.05) is 18.2 Å². The summed E-state index contributed by atoms with van der Waals surface area (Å²) < 4.78 is 11.1. The number of carbonyl (C=O) groups excluding carboxylic acids is 1. The summed E-state index contributed by atoms with van der Waals surface area (Å²) in [6, 6.07) is 7.94. The van der Waals surface area contributed by atoms with Crippen molar-refractivity contribution in [3.63, 3.8) is 0 Å². The minimum atomic E-state index is -0.407. The molecular weight excluding hydrogens is 404 g/mol. The van der Waals surface area contributed by atoms with Gasteiger partial charge in [-0.2, -0.15) is 5.26 Å². The molecule has 5 atom stereocenters. The number of carbonyl (C=O) groups is 1. The molecule has 3 aliphatic rings. The molecule has 7 heteroatoms. The Hall–Kier alpha value is -2.43. The van der Waals surface area contributed by atoms with E-state index in [1.54, 1.807) is 7.11 Å². The van der Waals surface area contributed by atoms with Crippen molar-refractivity contribution >= 4 is 11.9 Å². The molecule has 1 aromatic carbocycles. The Labute approximate surface area is 190 Å². The van der Waals surface area contributed by atoms with Gasteiger partial charge in [-0.05, 0) is 66.2 Å². The number of hydrogen-bond donors (Lipinski definition) is 2. The second-order valence-corrected chi connectivity index (χ2v) is 10.1. The lowest BCUT2D eigenvalue weighted by Gasteiger charge is -2.48. The average molecular weight is 439 g/mol. The molecule has 1 spiro atoms. The summed E-state index contributed by atoms with van der Waals surface area (Å²) in [5.74, 6) is 0.305. The number of guanidine groups is 1. The number of methoxy groups -OCH3 is 1. The van der Waals surface area contributed by atoms with Gasteiger partial charge in [0.1, 0.15) is 0 Å². The number of ether oxygens (including phenoxy) is 2. The van der Waals surface area contributed by atoms with E-state index in [1.165, 1.54) is 4.90 Å². The lowest BCUT2D eigenvalue weighted by atomic mass is 9.59. The number of amides is 1. The average Bonchev–Trinajstić information content (AvgIpc) is 3.00. The number of nitriles is 1. The molecule has 1 saturated heterocycles. The van der Waals surface area contributed by atoms with E-state index < -0.39 is 5.92 Å². The monoisotopic (exact) mass is 438 g/mol. The molecule has 4 rings (SSSR count). The van der Waals surface area contributed by atoms with Gasteiger partial charge in [0.25, 0.3) is 0 Å². The van der Waals surface area contributed by atoms with Crippen LogP contribution in [0.4, 0.5) is 0 Å². The normalized spacial score (nSPS) is 31.6. The zero-order valence-electron chi connectivity index (χ0n) is 19.3. The molecule has 1 aliphatic heterocycles. The Morgan fingerprint density at radius 2 is 2.03 bits per heavy atom. The number of nitrogens with zero attached hydrogens (tertiary/aromatic N) is 2. The Morgan fingerprint density at radius 3 is 2.56 bits per heavy atom. The van der Waals surface area contributed by atoms with Crippen molar-refractivity contribution in [2.24, 2.45) is 28.9 Å². The lowest BCUT2D eigenvalue weighted by Crippen LogP contribution is -2.51. The smallest absolute Gasteiger partial charge is 0.237 e. The van der Waals surface area contributed by atoms with Crippen LogP contribution in [0, 0.1) is 39.9 Å². The molecule has 0 bridgehead atoms. The van der Waals surface area contributed by atoms with Crippen LogP contribution in [0.5, 0.6) is 0 Å². The van der Waals surface area contributed by atoms with Crippen LogP contribution < -0.4 is 5.73 Å². The molecule has 1 saturated carbocycles. The summed E-state index contributed by atoms with van der Waals surface area (Å²) in [4.78, 5) is 15.5. The maximum Gasteiger partial charge on any atom is 0.237 e. The van der Waals surface area contributed by atoms with Crippen LogP contribution >= 0.6 is 0 Å². The standard InChI is InChI=1S/C25H34N4O3/c1-15-9-25(10-16(2)22(15)31-3)11-19-5-4-17(12-26)8-20(19)21(25)23(30)29(24(27)28)7-6-18-13-32-14-18/h4-5,8,15-16,18,21-22H,6-7,9-11,13-14H2,1-3H3,(H3,27,28)/t15-,16+,21-,22+,25+/m0/s1. The first-order chi connectivity index (χ1) is 15.3. The summed E-state index contributed by atoms with van der Waals surface area (Å²) in [7, 11) is 1.77. The van der Waals surface area contributed by atoms with Crippen molar-refractivity contribution < 1.29 is 14.3 Å². The lowest BCUT2D eigenvalue weighted by molar-refractivity contribution is -0.136. The molecule has 1 aromatic rings. The van der Waals surface area contributed by atoms with E-state index >= 15 is 0 Å². The van der Waals surface area contributed by atoms with E-state index in [2.05, 4.69) is 19.9 Å². The third-order valence-electron chi connectivity index (χ3n) is 7.86. The maximum absolute atomic E-state index is 14.1. The predicted octanol–water partition coefficient (Wildman–Crippen LogP) is 3.02. The van der Waals surface area contributed by atoms with Crippen LogP contribution in [-0.4, -0.2) is 49.7 Å². The summed E-state index contributed by atoms with van der Waals surface area (Å²) in [5, 5.41) is 17.6. The molecule has 2 aliphatic carbocycles. The summed E-state index contributed by atoms with van der Waals surface area (Å²) in [6.07, 6.45) is 3.47. The first kappa shape index (κ1) is 22.8. The van der Waals surface area contributed by atoms with Gasteiger partial charge in [0.15, 0.2) is 5.96 Å². The van der Waals surface area contributed by atoms with Gasteiger partial charge in [0.05, 0.1) is 36.9 Å². The highest BCUT2D eigenvalue weighted by Gasteiger charge is 2.55. The van der Waals surface area contributed by atoms with Crippen molar-refractivity contribution in [2.45, 2.75) is 51.6 Å². The molecule has 1 amide bonds. The number of rotatable bonds is 5. The van der Waals surface area contributed by atoms with Crippen molar-refractivity contribution in [1.82, 2.24) is 4.90 Å². The minimum absolute atomic E-state index is 0.109. The number of benzene rings is 1. The summed E-state index contributed by atoms with van der Waals surface area (Å²) >= 11 is 0. The van der Waals surface area contributed by atoms with E-state index in [-0.39, 0.29) is 23.4 Å². The van der Waals surface area contributed by atoms with Gasteiger partial charge in [-0.25, -0.2) is 0 Å². The van der Waals surface area contributed by atoms with E-state index in [0.29, 0.717) is 43.1 Å². The van der Waals surface area contributed by atoms with E-state index in [0.717, 1.165) is 36.8 Å². The fraction of sp³-hybridized carbons (Fsp3) is 0.640. The second kappa shape index (κ2) is 8.84. The van der Waals surface area contributed by atoms with Crippen LogP contribution in [0.1, 0.15) is 55.7 Å². The summed E-state index contributed by atoms with van der Waals surface area (Å²) in [6.45, 7) is 6.24. The third kappa shape index (κ3) is 3.91. The van der Waals surface area contributed by atoms with Crippen molar-refractivity contribution in [2.75, 3.05) is 26.9 Å². The molecule has 32 heavy (non-hydrogen) atoms. The molecule has 0 radical (unpaired) electrons. The zero-order chi connectivity index (χ0) is 23.0. The number of hydrogen-bond acceptors (Lipinski definition) is 5. The molecular formula is C25H34N4O3. The predicted molar refractivity (Wildman–Crippen MR) is 121 cm³/mol. The van der Waals surface area contributed by atoms with Crippen LogP contribution in [0.15, 0.2) is 18.2 Å². The van der Waals surface area contributed by atoms with Crippen LogP contribution in [-0.2, 0) is 20.7 Å². The molecule has 1 heterocycles. The maximum atomic E-state index is 14.1. The zero-order valence-corrected chi connectivity index (χ0v) is 19.3. The molecule has 0 aromatic heterocycles. The molecule has 7 nitrogen and oxygen atoms in total. The van der Waals surface area contributed by atoms with Gasteiger partial charge in [0, 0.05) is 19.6 Å².